The van der Waals surface area contributed by atoms with Crippen LogP contribution in [-0.2, 0) is 9.59 Å². The lowest BCUT2D eigenvalue weighted by Crippen LogP contribution is -2.33. The molecule has 2 unspecified atom stereocenters. The standard InChI is InChI=1S/C12H17N3O2S/c1-6-11(18-8(3)14-6)7(2)15-12(17)9-4-10(16)13-5-9/h7,9H,4-5H2,1-3H3,(H,13,16)(H,15,17). The SMILES string of the molecule is Cc1nc(C)c(C(C)NC(=O)C2CNC(=O)C2)s1. The highest BCUT2D eigenvalue weighted by molar-refractivity contribution is 7.11. The third-order valence-corrected chi connectivity index (χ3v) is 4.30. The van der Waals surface area contributed by atoms with Gasteiger partial charge in [-0.3, -0.25) is 9.59 Å². The van der Waals surface area contributed by atoms with Crippen LogP contribution in [0.1, 0.15) is 35.0 Å². The van der Waals surface area contributed by atoms with Crippen LogP contribution in [0.3, 0.4) is 0 Å². The summed E-state index contributed by atoms with van der Waals surface area (Å²) in [7, 11) is 0. The molecule has 1 aliphatic heterocycles. The van der Waals surface area contributed by atoms with Gasteiger partial charge in [-0.1, -0.05) is 0 Å². The van der Waals surface area contributed by atoms with Gasteiger partial charge in [0.2, 0.25) is 11.8 Å². The number of aromatic nitrogens is 1. The lowest BCUT2D eigenvalue weighted by Gasteiger charge is -2.15. The molecule has 5 nitrogen and oxygen atoms in total. The molecule has 0 bridgehead atoms. The molecule has 1 saturated heterocycles. The largest absolute Gasteiger partial charge is 0.355 e. The summed E-state index contributed by atoms with van der Waals surface area (Å²) < 4.78 is 0. The first-order valence-corrected chi connectivity index (χ1v) is 6.80. The summed E-state index contributed by atoms with van der Waals surface area (Å²) >= 11 is 1.60. The Hall–Kier alpha value is -1.43. The molecule has 2 heterocycles. The summed E-state index contributed by atoms with van der Waals surface area (Å²) in [5, 5.41) is 6.62. The van der Waals surface area contributed by atoms with Gasteiger partial charge in [0.05, 0.1) is 22.7 Å². The summed E-state index contributed by atoms with van der Waals surface area (Å²) in [5.74, 6) is -0.354. The molecule has 2 atom stereocenters. The number of hydrogen-bond acceptors (Lipinski definition) is 4. The Balaban J connectivity index is 1.99. The number of amides is 2. The van der Waals surface area contributed by atoms with Gasteiger partial charge in [-0.2, -0.15) is 0 Å². The van der Waals surface area contributed by atoms with E-state index in [-0.39, 0.29) is 23.8 Å². The Morgan fingerprint density at radius 3 is 2.78 bits per heavy atom. The molecule has 1 aliphatic rings. The lowest BCUT2D eigenvalue weighted by atomic mass is 10.1. The fraction of sp³-hybridized carbons (Fsp3) is 0.583. The van der Waals surface area contributed by atoms with Crippen LogP contribution in [-0.4, -0.2) is 23.3 Å². The summed E-state index contributed by atoms with van der Waals surface area (Å²) in [4.78, 5) is 28.5. The zero-order valence-corrected chi connectivity index (χ0v) is 11.6. The van der Waals surface area contributed by atoms with Crippen molar-refractivity contribution >= 4 is 23.2 Å². The predicted molar refractivity (Wildman–Crippen MR) is 69.3 cm³/mol. The highest BCUT2D eigenvalue weighted by Crippen LogP contribution is 2.25. The van der Waals surface area contributed by atoms with Gasteiger partial charge in [-0.05, 0) is 20.8 Å². The summed E-state index contributed by atoms with van der Waals surface area (Å²) in [6.45, 7) is 6.29. The molecule has 2 rings (SSSR count). The van der Waals surface area contributed by atoms with E-state index in [9.17, 15) is 9.59 Å². The number of carbonyl (C=O) groups excluding carboxylic acids is 2. The van der Waals surface area contributed by atoms with Crippen molar-refractivity contribution in [2.45, 2.75) is 33.2 Å². The first-order valence-electron chi connectivity index (χ1n) is 5.98. The van der Waals surface area contributed by atoms with Crippen molar-refractivity contribution in [3.63, 3.8) is 0 Å². The average Bonchev–Trinajstić information content (AvgIpc) is 2.84. The number of aryl methyl sites for hydroxylation is 2. The highest BCUT2D eigenvalue weighted by atomic mass is 32.1. The van der Waals surface area contributed by atoms with Crippen LogP contribution in [0, 0.1) is 19.8 Å². The molecule has 98 valence electrons. The molecule has 0 radical (unpaired) electrons. The van der Waals surface area contributed by atoms with Crippen LogP contribution in [0.15, 0.2) is 0 Å². The Kier molecular flexibility index (Phi) is 3.65. The lowest BCUT2D eigenvalue weighted by molar-refractivity contribution is -0.127. The van der Waals surface area contributed by atoms with Crippen LogP contribution >= 0.6 is 11.3 Å². The maximum Gasteiger partial charge on any atom is 0.225 e. The fourth-order valence-electron chi connectivity index (χ4n) is 2.14. The maximum absolute atomic E-state index is 12.0. The quantitative estimate of drug-likeness (QED) is 0.860. The second-order valence-corrected chi connectivity index (χ2v) is 5.85. The molecular formula is C12H17N3O2S. The minimum absolute atomic E-state index is 0.0485. The van der Waals surface area contributed by atoms with Gasteiger partial charge in [0.15, 0.2) is 0 Å². The van der Waals surface area contributed by atoms with Crippen LogP contribution in [0.2, 0.25) is 0 Å². The second kappa shape index (κ2) is 5.06. The molecule has 0 aliphatic carbocycles. The van der Waals surface area contributed by atoms with E-state index in [1.54, 1.807) is 11.3 Å². The summed E-state index contributed by atoms with van der Waals surface area (Å²) in [5.41, 5.74) is 0.964. The van der Waals surface area contributed by atoms with Crippen molar-refractivity contribution in [1.29, 1.82) is 0 Å². The molecule has 0 spiro atoms. The van der Waals surface area contributed by atoms with Gasteiger partial charge in [-0.25, -0.2) is 4.98 Å². The average molecular weight is 267 g/mol. The van der Waals surface area contributed by atoms with Crippen molar-refractivity contribution in [3.05, 3.63) is 15.6 Å². The van der Waals surface area contributed by atoms with E-state index >= 15 is 0 Å². The number of nitrogens with one attached hydrogen (secondary N) is 2. The molecule has 2 N–H and O–H groups in total. The Labute approximate surface area is 110 Å². The van der Waals surface area contributed by atoms with Crippen LogP contribution in [0.5, 0.6) is 0 Å². The summed E-state index contributed by atoms with van der Waals surface area (Å²) in [6.07, 6.45) is 0.291. The van der Waals surface area contributed by atoms with E-state index < -0.39 is 0 Å². The highest BCUT2D eigenvalue weighted by Gasteiger charge is 2.29. The van der Waals surface area contributed by atoms with E-state index in [1.165, 1.54) is 0 Å². The van der Waals surface area contributed by atoms with Crippen molar-refractivity contribution in [1.82, 2.24) is 15.6 Å². The third-order valence-electron chi connectivity index (χ3n) is 3.04. The van der Waals surface area contributed by atoms with E-state index in [1.807, 2.05) is 20.8 Å². The minimum Gasteiger partial charge on any atom is -0.355 e. The van der Waals surface area contributed by atoms with Crippen LogP contribution < -0.4 is 10.6 Å². The van der Waals surface area contributed by atoms with Gasteiger partial charge in [0.1, 0.15) is 0 Å². The Bertz CT molecular complexity index is 484. The Morgan fingerprint density at radius 1 is 1.56 bits per heavy atom. The smallest absolute Gasteiger partial charge is 0.225 e. The zero-order valence-electron chi connectivity index (χ0n) is 10.7. The maximum atomic E-state index is 12.0. The molecule has 1 aromatic heterocycles. The molecule has 6 heteroatoms. The van der Waals surface area contributed by atoms with Gasteiger partial charge in [0.25, 0.3) is 0 Å². The van der Waals surface area contributed by atoms with E-state index in [0.717, 1.165) is 15.6 Å². The van der Waals surface area contributed by atoms with Crippen molar-refractivity contribution in [3.8, 4) is 0 Å². The fourth-order valence-corrected chi connectivity index (χ4v) is 3.07. The van der Waals surface area contributed by atoms with Gasteiger partial charge in [-0.15, -0.1) is 11.3 Å². The topological polar surface area (TPSA) is 71.1 Å². The van der Waals surface area contributed by atoms with Gasteiger partial charge >= 0.3 is 0 Å². The molecule has 0 aromatic carbocycles. The molecule has 18 heavy (non-hydrogen) atoms. The van der Waals surface area contributed by atoms with Gasteiger partial charge < -0.3 is 10.6 Å². The first-order chi connectivity index (χ1) is 8.47. The molecule has 2 amide bonds. The van der Waals surface area contributed by atoms with Gasteiger partial charge in [0, 0.05) is 17.8 Å². The van der Waals surface area contributed by atoms with E-state index in [4.69, 9.17) is 0 Å². The number of nitrogens with zero attached hydrogens (tertiary/aromatic N) is 1. The van der Waals surface area contributed by atoms with Crippen molar-refractivity contribution in [2.24, 2.45) is 5.92 Å². The molecule has 1 fully saturated rings. The molecular weight excluding hydrogens is 250 g/mol. The number of carbonyl (C=O) groups is 2. The number of thiazole rings is 1. The minimum atomic E-state index is -0.241. The van der Waals surface area contributed by atoms with E-state index in [0.29, 0.717) is 13.0 Å². The second-order valence-electron chi connectivity index (χ2n) is 4.62. The molecule has 1 aromatic rings. The summed E-state index contributed by atoms with van der Waals surface area (Å²) in [6, 6.07) is -0.0561. The van der Waals surface area contributed by atoms with E-state index in [2.05, 4.69) is 15.6 Å². The van der Waals surface area contributed by atoms with Crippen molar-refractivity contribution < 1.29 is 9.59 Å². The normalized spacial score (nSPS) is 20.6. The molecule has 0 saturated carbocycles. The van der Waals surface area contributed by atoms with Crippen LogP contribution in [0.4, 0.5) is 0 Å². The number of hydrogen-bond donors (Lipinski definition) is 2. The monoisotopic (exact) mass is 267 g/mol. The Morgan fingerprint density at radius 2 is 2.28 bits per heavy atom. The third kappa shape index (κ3) is 2.69. The van der Waals surface area contributed by atoms with Crippen LogP contribution in [0.25, 0.3) is 0 Å². The van der Waals surface area contributed by atoms with Crippen molar-refractivity contribution in [2.75, 3.05) is 6.54 Å². The first kappa shape index (κ1) is 13.0. The number of rotatable bonds is 3. The zero-order chi connectivity index (χ0) is 13.3. The predicted octanol–water partition coefficient (Wildman–Crippen LogP) is 1.07.